The minimum atomic E-state index is -0.0543. The minimum Gasteiger partial charge on any atom is -0.268 e. The third-order valence-corrected chi connectivity index (χ3v) is 5.00. The summed E-state index contributed by atoms with van der Waals surface area (Å²) in [5.41, 5.74) is 1.47. The maximum atomic E-state index is 13.0. The van der Waals surface area contributed by atoms with Crippen LogP contribution < -0.4 is 5.56 Å². The van der Waals surface area contributed by atoms with Crippen LogP contribution >= 0.6 is 27.3 Å². The van der Waals surface area contributed by atoms with Gasteiger partial charge in [-0.3, -0.25) is 9.36 Å². The molecule has 0 saturated carbocycles. The summed E-state index contributed by atoms with van der Waals surface area (Å²) in [6, 6.07) is 19.1. The predicted octanol–water partition coefficient (Wildman–Crippen LogP) is 4.88. The molecular formula is C18H11BrN2OS. The lowest BCUT2D eigenvalue weighted by Crippen LogP contribution is -2.21. The Labute approximate surface area is 145 Å². The van der Waals surface area contributed by atoms with Crippen LogP contribution in [0.25, 0.3) is 27.3 Å². The number of fused-ring (bicyclic) bond motifs is 1. The first-order valence-corrected chi connectivity index (χ1v) is 8.73. The Morgan fingerprint density at radius 2 is 1.74 bits per heavy atom. The van der Waals surface area contributed by atoms with Gasteiger partial charge in [-0.05, 0) is 47.8 Å². The van der Waals surface area contributed by atoms with Crippen LogP contribution in [0, 0.1) is 0 Å². The van der Waals surface area contributed by atoms with Crippen molar-refractivity contribution in [1.82, 2.24) is 9.55 Å². The van der Waals surface area contributed by atoms with Gasteiger partial charge in [0.05, 0.1) is 21.5 Å². The molecule has 23 heavy (non-hydrogen) atoms. The van der Waals surface area contributed by atoms with Crippen molar-refractivity contribution in [2.45, 2.75) is 0 Å². The summed E-state index contributed by atoms with van der Waals surface area (Å²) in [6.45, 7) is 0. The van der Waals surface area contributed by atoms with Crippen molar-refractivity contribution in [2.24, 2.45) is 0 Å². The molecule has 2 aromatic carbocycles. The fourth-order valence-corrected chi connectivity index (χ4v) is 3.50. The topological polar surface area (TPSA) is 34.9 Å². The van der Waals surface area contributed by atoms with Crippen molar-refractivity contribution in [1.29, 1.82) is 0 Å². The summed E-state index contributed by atoms with van der Waals surface area (Å²) in [5, 5.41) is 2.61. The number of thiophene rings is 1. The fourth-order valence-electron chi connectivity index (χ4n) is 2.53. The second-order valence-corrected chi connectivity index (χ2v) is 6.91. The molecule has 2 aromatic heterocycles. The smallest absolute Gasteiger partial charge is 0.266 e. The highest BCUT2D eigenvalue weighted by Crippen LogP contribution is 2.26. The summed E-state index contributed by atoms with van der Waals surface area (Å²) in [5.74, 6) is 0.672. The van der Waals surface area contributed by atoms with Crippen molar-refractivity contribution in [2.75, 3.05) is 0 Å². The summed E-state index contributed by atoms with van der Waals surface area (Å²) >= 11 is 5.01. The van der Waals surface area contributed by atoms with Gasteiger partial charge in [-0.15, -0.1) is 11.3 Å². The molecule has 0 aliphatic heterocycles. The lowest BCUT2D eigenvalue weighted by atomic mass is 10.2. The van der Waals surface area contributed by atoms with Crippen molar-refractivity contribution in [3.63, 3.8) is 0 Å². The molecule has 0 atom stereocenters. The molecule has 0 amide bonds. The van der Waals surface area contributed by atoms with Gasteiger partial charge in [0.25, 0.3) is 5.56 Å². The number of halogens is 1. The number of nitrogens with zero attached hydrogens (tertiary/aromatic N) is 2. The first kappa shape index (κ1) is 14.4. The zero-order valence-electron chi connectivity index (χ0n) is 11.9. The molecule has 112 valence electrons. The van der Waals surface area contributed by atoms with Crippen LogP contribution in [0.5, 0.6) is 0 Å². The summed E-state index contributed by atoms with van der Waals surface area (Å²) in [7, 11) is 0. The SMILES string of the molecule is O=c1c2ccccc2nc(-c2cccs2)n1-c1ccc(Br)cc1. The lowest BCUT2D eigenvalue weighted by molar-refractivity contribution is 0.979. The van der Waals surface area contributed by atoms with Crippen molar-refractivity contribution in [3.05, 3.63) is 80.9 Å². The van der Waals surface area contributed by atoms with E-state index in [1.54, 1.807) is 15.9 Å². The van der Waals surface area contributed by atoms with E-state index in [2.05, 4.69) is 15.9 Å². The van der Waals surface area contributed by atoms with Gasteiger partial charge < -0.3 is 0 Å². The van der Waals surface area contributed by atoms with E-state index in [0.717, 1.165) is 15.0 Å². The zero-order chi connectivity index (χ0) is 15.8. The van der Waals surface area contributed by atoms with Crippen LogP contribution in [0.4, 0.5) is 0 Å². The monoisotopic (exact) mass is 382 g/mol. The van der Waals surface area contributed by atoms with Crippen LogP contribution in [0.3, 0.4) is 0 Å². The van der Waals surface area contributed by atoms with Gasteiger partial charge in [-0.1, -0.05) is 34.1 Å². The molecule has 5 heteroatoms. The van der Waals surface area contributed by atoms with E-state index >= 15 is 0 Å². The molecule has 0 N–H and O–H groups in total. The highest BCUT2D eigenvalue weighted by molar-refractivity contribution is 9.10. The molecule has 0 unspecified atom stereocenters. The highest BCUT2D eigenvalue weighted by atomic mass is 79.9. The highest BCUT2D eigenvalue weighted by Gasteiger charge is 2.14. The van der Waals surface area contributed by atoms with E-state index in [1.165, 1.54) is 0 Å². The van der Waals surface area contributed by atoms with Gasteiger partial charge >= 0.3 is 0 Å². The van der Waals surface area contributed by atoms with E-state index in [4.69, 9.17) is 4.98 Å². The molecule has 4 aromatic rings. The molecule has 0 aliphatic carbocycles. The van der Waals surface area contributed by atoms with Gasteiger partial charge in [-0.2, -0.15) is 0 Å². The Morgan fingerprint density at radius 1 is 0.957 bits per heavy atom. The maximum Gasteiger partial charge on any atom is 0.266 e. The quantitative estimate of drug-likeness (QED) is 0.495. The Kier molecular flexibility index (Phi) is 3.59. The first-order valence-electron chi connectivity index (χ1n) is 7.06. The van der Waals surface area contributed by atoms with Gasteiger partial charge in [0.2, 0.25) is 0 Å². The molecule has 0 radical (unpaired) electrons. The van der Waals surface area contributed by atoms with Crippen molar-refractivity contribution in [3.8, 4) is 16.4 Å². The number of hydrogen-bond donors (Lipinski definition) is 0. The molecule has 0 fully saturated rings. The van der Waals surface area contributed by atoms with Crippen LogP contribution in [0.2, 0.25) is 0 Å². The van der Waals surface area contributed by atoms with Gasteiger partial charge in [0.15, 0.2) is 5.82 Å². The Hall–Kier alpha value is -2.24. The minimum absolute atomic E-state index is 0.0543. The maximum absolute atomic E-state index is 13.0. The fraction of sp³-hybridized carbons (Fsp3) is 0. The summed E-state index contributed by atoms with van der Waals surface area (Å²) in [6.07, 6.45) is 0. The third kappa shape index (κ3) is 2.52. The number of benzene rings is 2. The molecular weight excluding hydrogens is 372 g/mol. The van der Waals surface area contributed by atoms with Gasteiger partial charge in [-0.25, -0.2) is 4.98 Å². The number of rotatable bonds is 2. The van der Waals surface area contributed by atoms with Crippen LogP contribution in [-0.4, -0.2) is 9.55 Å². The molecule has 0 aliphatic rings. The molecule has 4 rings (SSSR count). The van der Waals surface area contributed by atoms with E-state index in [0.29, 0.717) is 16.7 Å². The lowest BCUT2D eigenvalue weighted by Gasteiger charge is -2.12. The van der Waals surface area contributed by atoms with E-state index in [1.807, 2.05) is 66.0 Å². The molecule has 0 bridgehead atoms. The van der Waals surface area contributed by atoms with Gasteiger partial charge in [0.1, 0.15) is 0 Å². The zero-order valence-corrected chi connectivity index (χ0v) is 14.3. The van der Waals surface area contributed by atoms with Gasteiger partial charge in [0, 0.05) is 4.47 Å². The predicted molar refractivity (Wildman–Crippen MR) is 98.4 cm³/mol. The molecule has 2 heterocycles. The molecule has 0 saturated heterocycles. The first-order chi connectivity index (χ1) is 11.2. The van der Waals surface area contributed by atoms with E-state index in [9.17, 15) is 4.79 Å². The van der Waals surface area contributed by atoms with Crippen LogP contribution in [0.1, 0.15) is 0 Å². The van der Waals surface area contributed by atoms with Crippen LogP contribution in [0.15, 0.2) is 75.3 Å². The summed E-state index contributed by atoms with van der Waals surface area (Å²) < 4.78 is 2.65. The second-order valence-electron chi connectivity index (χ2n) is 5.05. The molecule has 0 spiro atoms. The van der Waals surface area contributed by atoms with Crippen molar-refractivity contribution >= 4 is 38.2 Å². The average molecular weight is 383 g/mol. The number of hydrogen-bond acceptors (Lipinski definition) is 3. The largest absolute Gasteiger partial charge is 0.268 e. The van der Waals surface area contributed by atoms with Crippen molar-refractivity contribution < 1.29 is 0 Å². The third-order valence-electron chi connectivity index (χ3n) is 3.60. The van der Waals surface area contributed by atoms with E-state index in [-0.39, 0.29) is 5.56 Å². The number of para-hydroxylation sites is 1. The molecule has 3 nitrogen and oxygen atoms in total. The number of aromatic nitrogens is 2. The average Bonchev–Trinajstić information content (AvgIpc) is 3.10. The normalized spacial score (nSPS) is 11.0. The van der Waals surface area contributed by atoms with Crippen LogP contribution in [-0.2, 0) is 0 Å². The summed E-state index contributed by atoms with van der Waals surface area (Å²) in [4.78, 5) is 18.8. The Bertz CT molecular complexity index is 1040. The Balaban J connectivity index is 2.11. The standard InChI is InChI=1S/C18H11BrN2OS/c19-12-7-9-13(10-8-12)21-17(16-6-3-11-23-16)20-15-5-2-1-4-14(15)18(21)22/h1-11H. The van der Waals surface area contributed by atoms with E-state index < -0.39 is 0 Å². The second kappa shape index (κ2) is 5.76. The Morgan fingerprint density at radius 3 is 2.48 bits per heavy atom.